The summed E-state index contributed by atoms with van der Waals surface area (Å²) in [5, 5.41) is 5.73. The van der Waals surface area contributed by atoms with Crippen LogP contribution in [0.3, 0.4) is 0 Å². The van der Waals surface area contributed by atoms with E-state index in [2.05, 4.69) is 27.7 Å². The van der Waals surface area contributed by atoms with Crippen LogP contribution in [-0.4, -0.2) is 44.2 Å². The molecule has 0 spiro atoms. The second-order valence-corrected chi connectivity index (χ2v) is 5.80. The lowest BCUT2D eigenvalue weighted by Gasteiger charge is -2.33. The summed E-state index contributed by atoms with van der Waals surface area (Å²) in [6.07, 6.45) is 2.35. The van der Waals surface area contributed by atoms with Gasteiger partial charge in [0, 0.05) is 31.7 Å². The number of likely N-dealkylation sites (tertiary alicyclic amines) is 1. The summed E-state index contributed by atoms with van der Waals surface area (Å²) in [5.74, 6) is 1.47. The molecule has 122 valence electrons. The zero-order valence-corrected chi connectivity index (χ0v) is 13.6. The number of nitrogens with zero attached hydrogens (tertiary/aromatic N) is 1. The number of benzene rings is 1. The minimum Gasteiger partial charge on any atom is -0.496 e. The van der Waals surface area contributed by atoms with Gasteiger partial charge >= 0.3 is 6.03 Å². The number of hydrogen-bond donors (Lipinski definition) is 2. The molecule has 1 aromatic rings. The van der Waals surface area contributed by atoms with Crippen LogP contribution in [0, 0.1) is 5.92 Å². The highest BCUT2D eigenvalue weighted by Crippen LogP contribution is 2.23. The van der Waals surface area contributed by atoms with Crippen LogP contribution in [0.15, 0.2) is 24.3 Å². The smallest absolute Gasteiger partial charge is 0.314 e. The molecule has 0 aliphatic carbocycles. The zero-order valence-electron chi connectivity index (χ0n) is 13.6. The van der Waals surface area contributed by atoms with Gasteiger partial charge in [-0.1, -0.05) is 18.2 Å². The number of urea groups is 1. The highest BCUT2D eigenvalue weighted by molar-refractivity contribution is 5.73. The molecule has 5 nitrogen and oxygen atoms in total. The minimum atomic E-state index is -0.0654. The number of carbonyl (C=O) groups excluding carboxylic acids is 1. The van der Waals surface area contributed by atoms with Crippen molar-refractivity contribution in [2.75, 3.05) is 33.3 Å². The molecule has 1 aliphatic heterocycles. The van der Waals surface area contributed by atoms with Crippen molar-refractivity contribution in [3.63, 3.8) is 0 Å². The van der Waals surface area contributed by atoms with Gasteiger partial charge in [0.1, 0.15) is 5.75 Å². The number of nitrogens with one attached hydrogen (secondary N) is 2. The molecule has 2 rings (SSSR count). The van der Waals surface area contributed by atoms with Gasteiger partial charge in [-0.05, 0) is 38.3 Å². The van der Waals surface area contributed by atoms with E-state index >= 15 is 0 Å². The molecule has 1 fully saturated rings. The highest BCUT2D eigenvalue weighted by Gasteiger charge is 2.21. The molecule has 1 heterocycles. The average Bonchev–Trinajstić information content (AvgIpc) is 2.54. The Kier molecular flexibility index (Phi) is 6.52. The van der Waals surface area contributed by atoms with Gasteiger partial charge in [0.15, 0.2) is 0 Å². The van der Waals surface area contributed by atoms with Crippen LogP contribution in [-0.2, 0) is 6.54 Å². The van der Waals surface area contributed by atoms with Gasteiger partial charge in [-0.15, -0.1) is 0 Å². The lowest BCUT2D eigenvalue weighted by molar-refractivity contribution is 0.164. The number of carbonyl (C=O) groups is 1. The molecular weight excluding hydrogens is 278 g/mol. The van der Waals surface area contributed by atoms with Crippen LogP contribution in [0.1, 0.15) is 25.3 Å². The molecular formula is C17H27N3O2. The van der Waals surface area contributed by atoms with Crippen LogP contribution >= 0.6 is 0 Å². The summed E-state index contributed by atoms with van der Waals surface area (Å²) >= 11 is 0. The molecule has 1 aliphatic rings. The Morgan fingerprint density at radius 2 is 2.18 bits per heavy atom. The molecule has 0 saturated carbocycles. The van der Waals surface area contributed by atoms with Gasteiger partial charge in [0.05, 0.1) is 7.11 Å². The monoisotopic (exact) mass is 305 g/mol. The van der Waals surface area contributed by atoms with E-state index in [1.807, 2.05) is 19.1 Å². The zero-order chi connectivity index (χ0) is 15.8. The van der Waals surface area contributed by atoms with Crippen molar-refractivity contribution in [2.24, 2.45) is 5.92 Å². The fourth-order valence-corrected chi connectivity index (χ4v) is 3.00. The summed E-state index contributed by atoms with van der Waals surface area (Å²) in [6.45, 7) is 6.36. The Bertz CT molecular complexity index is 479. The van der Waals surface area contributed by atoms with Crippen molar-refractivity contribution in [3.05, 3.63) is 29.8 Å². The maximum absolute atomic E-state index is 11.5. The second kappa shape index (κ2) is 8.63. The normalized spacial score (nSPS) is 18.7. The van der Waals surface area contributed by atoms with Crippen molar-refractivity contribution in [3.8, 4) is 5.75 Å². The third-order valence-electron chi connectivity index (χ3n) is 4.08. The number of para-hydroxylation sites is 1. The van der Waals surface area contributed by atoms with Crippen LogP contribution < -0.4 is 15.4 Å². The standard InChI is InChI=1S/C17H27N3O2/c1-3-18-17(21)19-11-14-7-6-10-20(12-14)13-15-8-4-5-9-16(15)22-2/h4-5,8-9,14H,3,6-7,10-13H2,1-2H3,(H2,18,19,21). The SMILES string of the molecule is CCNC(=O)NCC1CCCN(Cc2ccccc2OC)C1. The highest BCUT2D eigenvalue weighted by atomic mass is 16.5. The Labute approximate surface area is 133 Å². The molecule has 5 heteroatoms. The van der Waals surface area contributed by atoms with E-state index < -0.39 is 0 Å². The Morgan fingerprint density at radius 3 is 2.95 bits per heavy atom. The van der Waals surface area contributed by atoms with Crippen molar-refractivity contribution in [2.45, 2.75) is 26.3 Å². The molecule has 1 unspecified atom stereocenters. The summed E-state index contributed by atoms with van der Waals surface area (Å²) in [4.78, 5) is 13.9. The van der Waals surface area contributed by atoms with Gasteiger partial charge in [0.25, 0.3) is 0 Å². The van der Waals surface area contributed by atoms with Crippen LogP contribution in [0.4, 0.5) is 4.79 Å². The van der Waals surface area contributed by atoms with E-state index in [-0.39, 0.29) is 6.03 Å². The lowest BCUT2D eigenvalue weighted by Crippen LogP contribution is -2.43. The molecule has 0 aromatic heterocycles. The number of ether oxygens (including phenoxy) is 1. The van der Waals surface area contributed by atoms with Gasteiger partial charge in [-0.3, -0.25) is 4.90 Å². The minimum absolute atomic E-state index is 0.0654. The number of hydrogen-bond acceptors (Lipinski definition) is 3. The topological polar surface area (TPSA) is 53.6 Å². The molecule has 1 saturated heterocycles. The predicted molar refractivity (Wildman–Crippen MR) is 88.1 cm³/mol. The van der Waals surface area contributed by atoms with Crippen LogP contribution in [0.25, 0.3) is 0 Å². The van der Waals surface area contributed by atoms with Crippen molar-refractivity contribution >= 4 is 6.03 Å². The van der Waals surface area contributed by atoms with E-state index in [1.54, 1.807) is 7.11 Å². The predicted octanol–water partition coefficient (Wildman–Crippen LogP) is 2.23. The summed E-state index contributed by atoms with van der Waals surface area (Å²) < 4.78 is 5.43. The first kappa shape index (κ1) is 16.6. The Morgan fingerprint density at radius 1 is 1.36 bits per heavy atom. The van der Waals surface area contributed by atoms with Crippen molar-refractivity contribution in [1.82, 2.24) is 15.5 Å². The Balaban J connectivity index is 1.84. The molecule has 2 amide bonds. The summed E-state index contributed by atoms with van der Waals surface area (Å²) in [6, 6.07) is 8.11. The fraction of sp³-hybridized carbons (Fsp3) is 0.588. The van der Waals surface area contributed by atoms with Crippen molar-refractivity contribution in [1.29, 1.82) is 0 Å². The van der Waals surface area contributed by atoms with E-state index in [1.165, 1.54) is 18.4 Å². The molecule has 1 aromatic carbocycles. The largest absolute Gasteiger partial charge is 0.496 e. The van der Waals surface area contributed by atoms with Gasteiger partial charge in [0.2, 0.25) is 0 Å². The van der Waals surface area contributed by atoms with Crippen molar-refractivity contribution < 1.29 is 9.53 Å². The van der Waals surface area contributed by atoms with E-state index in [0.29, 0.717) is 12.5 Å². The first-order valence-corrected chi connectivity index (χ1v) is 8.09. The van der Waals surface area contributed by atoms with Gasteiger partial charge in [-0.2, -0.15) is 0 Å². The van der Waals surface area contributed by atoms with Crippen LogP contribution in [0.5, 0.6) is 5.75 Å². The Hall–Kier alpha value is -1.75. The molecule has 0 radical (unpaired) electrons. The first-order chi connectivity index (χ1) is 10.7. The quantitative estimate of drug-likeness (QED) is 0.847. The molecule has 22 heavy (non-hydrogen) atoms. The van der Waals surface area contributed by atoms with E-state index in [4.69, 9.17) is 4.74 Å². The third kappa shape index (κ3) is 4.91. The maximum Gasteiger partial charge on any atom is 0.314 e. The number of amides is 2. The fourth-order valence-electron chi connectivity index (χ4n) is 3.00. The number of methoxy groups -OCH3 is 1. The summed E-state index contributed by atoms with van der Waals surface area (Å²) in [5.41, 5.74) is 1.22. The number of rotatable bonds is 6. The molecule has 0 bridgehead atoms. The summed E-state index contributed by atoms with van der Waals surface area (Å²) in [7, 11) is 1.72. The van der Waals surface area contributed by atoms with E-state index in [0.717, 1.165) is 31.9 Å². The van der Waals surface area contributed by atoms with Gasteiger partial charge < -0.3 is 15.4 Å². The molecule has 1 atom stereocenters. The number of piperidine rings is 1. The van der Waals surface area contributed by atoms with Gasteiger partial charge in [-0.25, -0.2) is 4.79 Å². The first-order valence-electron chi connectivity index (χ1n) is 8.09. The second-order valence-electron chi connectivity index (χ2n) is 5.80. The lowest BCUT2D eigenvalue weighted by atomic mass is 9.97. The maximum atomic E-state index is 11.5. The average molecular weight is 305 g/mol. The third-order valence-corrected chi connectivity index (χ3v) is 4.08. The van der Waals surface area contributed by atoms with E-state index in [9.17, 15) is 4.79 Å². The molecule has 2 N–H and O–H groups in total. The van der Waals surface area contributed by atoms with Crippen LogP contribution in [0.2, 0.25) is 0 Å².